The molecule has 0 saturated heterocycles. The van der Waals surface area contributed by atoms with Gasteiger partial charge < -0.3 is 9.73 Å². The van der Waals surface area contributed by atoms with Crippen molar-refractivity contribution < 1.29 is 9.21 Å². The van der Waals surface area contributed by atoms with E-state index < -0.39 is 0 Å². The summed E-state index contributed by atoms with van der Waals surface area (Å²) in [5.41, 5.74) is 4.61. The zero-order chi connectivity index (χ0) is 18.8. The van der Waals surface area contributed by atoms with E-state index in [1.54, 1.807) is 23.5 Å². The lowest BCUT2D eigenvalue weighted by Crippen LogP contribution is -2.13. The highest BCUT2D eigenvalue weighted by molar-refractivity contribution is 8.38. The summed E-state index contributed by atoms with van der Waals surface area (Å²) in [5.74, 6) is 1.87. The number of aryl methyl sites for hydroxylation is 2. The Morgan fingerprint density at radius 2 is 2.11 bits per heavy atom. The second-order valence-corrected chi connectivity index (χ2v) is 8.77. The van der Waals surface area contributed by atoms with E-state index in [-0.39, 0.29) is 5.91 Å². The number of hydrogen-bond donors (Lipinski definition) is 1. The molecule has 0 bridgehead atoms. The third-order valence-electron chi connectivity index (χ3n) is 4.44. The van der Waals surface area contributed by atoms with E-state index in [0.29, 0.717) is 11.5 Å². The van der Waals surface area contributed by atoms with E-state index in [4.69, 9.17) is 4.42 Å². The lowest BCUT2D eigenvalue weighted by Gasteiger charge is -2.09. The number of carbonyl (C=O) groups excluding carboxylic acids is 1. The molecule has 0 atom stereocenters. The van der Waals surface area contributed by atoms with Crippen LogP contribution in [0, 0.1) is 13.8 Å². The molecule has 27 heavy (non-hydrogen) atoms. The van der Waals surface area contributed by atoms with Gasteiger partial charge in [-0.2, -0.15) is 0 Å². The number of furan rings is 1. The number of nitrogens with one attached hydrogen (secondary N) is 1. The van der Waals surface area contributed by atoms with Crippen LogP contribution in [-0.2, 0) is 5.75 Å². The Kier molecular flexibility index (Phi) is 5.27. The van der Waals surface area contributed by atoms with Crippen molar-refractivity contribution >= 4 is 50.5 Å². The summed E-state index contributed by atoms with van der Waals surface area (Å²) in [7, 11) is 0. The molecule has 1 amide bonds. The lowest BCUT2D eigenvalue weighted by atomic mass is 10.1. The number of carbonyl (C=O) groups is 1. The highest BCUT2D eigenvalue weighted by atomic mass is 32.2. The molecule has 1 aliphatic rings. The third-order valence-corrected chi connectivity index (χ3v) is 6.72. The van der Waals surface area contributed by atoms with Gasteiger partial charge in [0.05, 0.1) is 6.54 Å². The summed E-state index contributed by atoms with van der Waals surface area (Å²) in [5, 5.41) is 4.01. The Hall–Kier alpha value is -2.18. The van der Waals surface area contributed by atoms with Crippen molar-refractivity contribution in [1.82, 2.24) is 0 Å². The van der Waals surface area contributed by atoms with Crippen LogP contribution in [0.4, 0.5) is 5.69 Å². The number of aliphatic imine (C=N–C) groups is 1. The molecule has 6 heteroatoms. The first-order valence-corrected chi connectivity index (χ1v) is 10.8. The Balaban J connectivity index is 1.66. The number of nitrogens with zero attached hydrogens (tertiary/aromatic N) is 1. The predicted molar refractivity (Wildman–Crippen MR) is 116 cm³/mol. The second-order valence-electron chi connectivity index (χ2n) is 6.46. The van der Waals surface area contributed by atoms with Crippen LogP contribution in [0.15, 0.2) is 51.9 Å². The maximum absolute atomic E-state index is 13.0. The monoisotopic (exact) mass is 396 g/mol. The maximum Gasteiger partial charge on any atom is 0.291 e. The molecule has 1 aliphatic heterocycles. The molecule has 1 aromatic heterocycles. The molecular formula is C21H20N2O2S2. The quantitative estimate of drug-likeness (QED) is 0.620. The third kappa shape index (κ3) is 3.92. The first-order valence-electron chi connectivity index (χ1n) is 8.81. The highest BCUT2D eigenvalue weighted by Crippen LogP contribution is 2.33. The fraction of sp³-hybridized carbons (Fsp3) is 0.238. The van der Waals surface area contributed by atoms with Gasteiger partial charge in [-0.15, -0.1) is 0 Å². The number of thioether (sulfide) groups is 2. The zero-order valence-corrected chi connectivity index (χ0v) is 16.9. The van der Waals surface area contributed by atoms with Crippen molar-refractivity contribution in [3.63, 3.8) is 0 Å². The van der Waals surface area contributed by atoms with Crippen LogP contribution >= 0.6 is 23.5 Å². The SMILES string of the molecule is Cc1ccc(C)c(NC(=O)c2oc3ccccc3c2CSC2=NCCS2)c1. The van der Waals surface area contributed by atoms with Gasteiger partial charge in [0.25, 0.3) is 5.91 Å². The molecule has 138 valence electrons. The summed E-state index contributed by atoms with van der Waals surface area (Å²) in [6.07, 6.45) is 0. The zero-order valence-electron chi connectivity index (χ0n) is 15.2. The van der Waals surface area contributed by atoms with Gasteiger partial charge in [-0.3, -0.25) is 9.79 Å². The smallest absolute Gasteiger partial charge is 0.291 e. The minimum Gasteiger partial charge on any atom is -0.451 e. The number of para-hydroxylation sites is 1. The molecule has 2 aromatic carbocycles. The van der Waals surface area contributed by atoms with E-state index in [2.05, 4.69) is 10.3 Å². The molecule has 0 radical (unpaired) electrons. The van der Waals surface area contributed by atoms with E-state index in [9.17, 15) is 4.79 Å². The van der Waals surface area contributed by atoms with Crippen molar-refractivity contribution in [2.24, 2.45) is 4.99 Å². The van der Waals surface area contributed by atoms with Crippen LogP contribution in [-0.4, -0.2) is 22.6 Å². The van der Waals surface area contributed by atoms with Crippen LogP contribution in [0.1, 0.15) is 27.2 Å². The highest BCUT2D eigenvalue weighted by Gasteiger charge is 2.22. The molecule has 4 rings (SSSR count). The average Bonchev–Trinajstić information content (AvgIpc) is 3.30. The fourth-order valence-corrected chi connectivity index (χ4v) is 5.05. The minimum absolute atomic E-state index is 0.212. The molecule has 0 fully saturated rings. The summed E-state index contributed by atoms with van der Waals surface area (Å²) in [6, 6.07) is 13.8. The van der Waals surface area contributed by atoms with Gasteiger partial charge in [0.1, 0.15) is 9.96 Å². The molecule has 0 saturated carbocycles. The Bertz CT molecular complexity index is 1040. The van der Waals surface area contributed by atoms with Gasteiger partial charge in [-0.1, -0.05) is 53.9 Å². The second kappa shape index (κ2) is 7.82. The molecule has 4 nitrogen and oxygen atoms in total. The van der Waals surface area contributed by atoms with Crippen molar-refractivity contribution in [1.29, 1.82) is 0 Å². The number of benzene rings is 2. The van der Waals surface area contributed by atoms with Gasteiger partial charge in [-0.25, -0.2) is 0 Å². The van der Waals surface area contributed by atoms with Crippen LogP contribution in [0.2, 0.25) is 0 Å². The van der Waals surface area contributed by atoms with Crippen LogP contribution in [0.25, 0.3) is 11.0 Å². The van der Waals surface area contributed by atoms with Gasteiger partial charge in [0, 0.05) is 28.1 Å². The molecule has 0 aliphatic carbocycles. The van der Waals surface area contributed by atoms with Crippen molar-refractivity contribution in [2.75, 3.05) is 17.6 Å². The molecule has 0 unspecified atom stereocenters. The molecule has 2 heterocycles. The van der Waals surface area contributed by atoms with E-state index in [1.165, 1.54) is 0 Å². The summed E-state index contributed by atoms with van der Waals surface area (Å²) in [6.45, 7) is 4.87. The van der Waals surface area contributed by atoms with E-state index in [0.717, 1.165) is 50.0 Å². The summed E-state index contributed by atoms with van der Waals surface area (Å²) in [4.78, 5) is 17.5. The van der Waals surface area contributed by atoms with Crippen molar-refractivity contribution in [3.8, 4) is 0 Å². The Labute approximate surface area is 166 Å². The van der Waals surface area contributed by atoms with Crippen molar-refractivity contribution in [3.05, 3.63) is 64.9 Å². The van der Waals surface area contributed by atoms with Crippen LogP contribution in [0.5, 0.6) is 0 Å². The largest absolute Gasteiger partial charge is 0.451 e. The lowest BCUT2D eigenvalue weighted by molar-refractivity contribution is 0.0997. The van der Waals surface area contributed by atoms with Gasteiger partial charge in [0.15, 0.2) is 5.76 Å². The van der Waals surface area contributed by atoms with Crippen LogP contribution < -0.4 is 5.32 Å². The molecular weight excluding hydrogens is 376 g/mol. The Morgan fingerprint density at radius 3 is 2.93 bits per heavy atom. The van der Waals surface area contributed by atoms with Gasteiger partial charge in [0.2, 0.25) is 0 Å². The van der Waals surface area contributed by atoms with Crippen LogP contribution in [0.3, 0.4) is 0 Å². The minimum atomic E-state index is -0.212. The average molecular weight is 397 g/mol. The summed E-state index contributed by atoms with van der Waals surface area (Å²) < 4.78 is 7.03. The van der Waals surface area contributed by atoms with Gasteiger partial charge >= 0.3 is 0 Å². The Morgan fingerprint density at radius 1 is 1.26 bits per heavy atom. The van der Waals surface area contributed by atoms with Crippen molar-refractivity contribution in [2.45, 2.75) is 19.6 Å². The summed E-state index contributed by atoms with van der Waals surface area (Å²) >= 11 is 3.44. The van der Waals surface area contributed by atoms with Gasteiger partial charge in [-0.05, 0) is 37.1 Å². The number of anilines is 1. The molecule has 0 spiro atoms. The predicted octanol–water partition coefficient (Wildman–Crippen LogP) is 5.64. The molecule has 1 N–H and O–H groups in total. The first-order chi connectivity index (χ1) is 13.1. The topological polar surface area (TPSA) is 54.6 Å². The number of hydrogen-bond acceptors (Lipinski definition) is 5. The maximum atomic E-state index is 13.0. The normalized spacial score (nSPS) is 13.8. The van der Waals surface area contributed by atoms with E-state index >= 15 is 0 Å². The fourth-order valence-electron chi connectivity index (χ4n) is 3.01. The number of fused-ring (bicyclic) bond motifs is 1. The van der Waals surface area contributed by atoms with E-state index in [1.807, 2.05) is 56.3 Å². The molecule has 3 aromatic rings. The standard InChI is InChI=1S/C21H20N2O2S2/c1-13-7-8-14(2)17(11-13)23-20(24)19-16(12-27-21-22-9-10-26-21)15-5-3-4-6-18(15)25-19/h3-8,11H,9-10,12H2,1-2H3,(H,23,24). The first kappa shape index (κ1) is 18.2. The number of rotatable bonds is 4. The number of amides is 1.